The zero-order chi connectivity index (χ0) is 26.6. The minimum Gasteiger partial charge on any atom is -0.456 e. The van der Waals surface area contributed by atoms with Crippen molar-refractivity contribution in [3.8, 4) is 22.5 Å². The Morgan fingerprint density at radius 1 is 0.838 bits per heavy atom. The van der Waals surface area contributed by atoms with Crippen molar-refractivity contribution >= 4 is 16.7 Å². The van der Waals surface area contributed by atoms with Crippen molar-refractivity contribution in [3.63, 3.8) is 0 Å². The fourth-order valence-electron chi connectivity index (χ4n) is 5.34. The molecule has 0 saturated carbocycles. The molecular formula is C32H41N2O3+. The average molecular weight is 502 g/mol. The number of benzene rings is 3. The minimum absolute atomic E-state index is 0.284. The number of hydrogen-bond acceptors (Lipinski definition) is 4. The number of nitrogens with zero attached hydrogens (tertiary/aromatic N) is 2. The van der Waals surface area contributed by atoms with Gasteiger partial charge in [-0.2, -0.15) is 0 Å². The molecule has 1 aliphatic carbocycles. The predicted octanol–water partition coefficient (Wildman–Crippen LogP) is 6.19. The number of fused-ring (bicyclic) bond motifs is 2. The van der Waals surface area contributed by atoms with Crippen molar-refractivity contribution in [2.45, 2.75) is 59.7 Å². The first kappa shape index (κ1) is 26.9. The summed E-state index contributed by atoms with van der Waals surface area (Å²) in [7, 11) is 0. The summed E-state index contributed by atoms with van der Waals surface area (Å²) in [6.45, 7) is 14.3. The van der Waals surface area contributed by atoms with Crippen LogP contribution in [0.1, 0.15) is 59.4 Å². The molecule has 0 amide bonds. The molecule has 0 radical (unpaired) electrons. The van der Waals surface area contributed by atoms with Crippen LogP contribution in [0.25, 0.3) is 33.4 Å². The predicted molar refractivity (Wildman–Crippen MR) is 154 cm³/mol. The van der Waals surface area contributed by atoms with Gasteiger partial charge in [0.2, 0.25) is 5.36 Å². The number of anilines is 1. The Kier molecular flexibility index (Phi) is 8.35. The van der Waals surface area contributed by atoms with Crippen LogP contribution in [-0.2, 0) is 5.79 Å². The van der Waals surface area contributed by atoms with Crippen LogP contribution >= 0.6 is 0 Å². The normalized spacial score (nSPS) is 11.9. The summed E-state index contributed by atoms with van der Waals surface area (Å²) in [5.41, 5.74) is 5.17. The van der Waals surface area contributed by atoms with Crippen molar-refractivity contribution in [1.82, 2.24) is 4.58 Å². The Hall–Kier alpha value is -3.15. The van der Waals surface area contributed by atoms with Crippen LogP contribution < -0.4 is 14.8 Å². The van der Waals surface area contributed by atoms with Gasteiger partial charge in [0.15, 0.2) is 5.79 Å². The summed E-state index contributed by atoms with van der Waals surface area (Å²) in [4.78, 5) is 2.30. The van der Waals surface area contributed by atoms with Gasteiger partial charge in [0, 0.05) is 59.4 Å². The van der Waals surface area contributed by atoms with Crippen LogP contribution in [0, 0.1) is 0 Å². The molecule has 1 aliphatic heterocycles. The van der Waals surface area contributed by atoms with Crippen molar-refractivity contribution in [3.05, 3.63) is 71.6 Å². The molecule has 2 aromatic rings. The highest BCUT2D eigenvalue weighted by molar-refractivity contribution is 6.03. The zero-order valence-corrected chi connectivity index (χ0v) is 22.9. The van der Waals surface area contributed by atoms with E-state index in [1.807, 2.05) is 24.3 Å². The van der Waals surface area contributed by atoms with Crippen LogP contribution in [0.5, 0.6) is 0 Å². The summed E-state index contributed by atoms with van der Waals surface area (Å²) in [5, 5.41) is 24.4. The van der Waals surface area contributed by atoms with Crippen molar-refractivity contribution in [2.75, 3.05) is 31.1 Å². The highest BCUT2D eigenvalue weighted by Gasteiger charge is 2.30. The van der Waals surface area contributed by atoms with Gasteiger partial charge in [-0.3, -0.25) is 0 Å². The molecule has 0 unspecified atom stereocenters. The molecule has 0 fully saturated rings. The van der Waals surface area contributed by atoms with E-state index in [0.717, 1.165) is 83.5 Å². The van der Waals surface area contributed by atoms with Crippen LogP contribution in [0.15, 0.2) is 65.1 Å². The third-order valence-corrected chi connectivity index (χ3v) is 7.45. The van der Waals surface area contributed by atoms with Gasteiger partial charge in [-0.15, -0.1) is 0 Å². The molecule has 5 heteroatoms. The summed E-state index contributed by atoms with van der Waals surface area (Å²) in [5.74, 6) is -1.13. The highest BCUT2D eigenvalue weighted by Crippen LogP contribution is 2.44. The van der Waals surface area contributed by atoms with E-state index in [1.165, 1.54) is 0 Å². The fourth-order valence-corrected chi connectivity index (χ4v) is 5.34. The Morgan fingerprint density at radius 2 is 1.57 bits per heavy atom. The Labute approximate surface area is 220 Å². The summed E-state index contributed by atoms with van der Waals surface area (Å²) < 4.78 is 8.88. The van der Waals surface area contributed by atoms with Gasteiger partial charge in [0.25, 0.3) is 0 Å². The van der Waals surface area contributed by atoms with Gasteiger partial charge in [0.05, 0.1) is 6.07 Å². The summed E-state index contributed by atoms with van der Waals surface area (Å²) in [6, 6.07) is 20.4. The number of aliphatic hydroxyl groups is 2. The maximum Gasteiger partial charge on any atom is 0.203 e. The monoisotopic (exact) mass is 501 g/mol. The lowest BCUT2D eigenvalue weighted by atomic mass is 9.86. The van der Waals surface area contributed by atoms with Gasteiger partial charge >= 0.3 is 0 Å². The molecule has 2 aliphatic rings. The van der Waals surface area contributed by atoms with E-state index in [9.17, 15) is 10.2 Å². The first-order chi connectivity index (χ1) is 17.9. The molecule has 0 bridgehead atoms. The van der Waals surface area contributed by atoms with Crippen molar-refractivity contribution in [1.29, 1.82) is 0 Å². The van der Waals surface area contributed by atoms with Gasteiger partial charge in [-0.25, -0.2) is 4.58 Å². The molecule has 2 N–H and O–H groups in total. The molecule has 1 heterocycles. The van der Waals surface area contributed by atoms with E-state index < -0.39 is 5.79 Å². The molecule has 4 rings (SSSR count). The maximum atomic E-state index is 11.2. The largest absolute Gasteiger partial charge is 0.456 e. The first-order valence-electron chi connectivity index (χ1n) is 13.8. The lowest BCUT2D eigenvalue weighted by Crippen LogP contribution is -2.29. The second kappa shape index (κ2) is 11.5. The van der Waals surface area contributed by atoms with Gasteiger partial charge in [-0.1, -0.05) is 37.6 Å². The lowest BCUT2D eigenvalue weighted by molar-refractivity contribution is -0.174. The molecular weight excluding hydrogens is 460 g/mol. The average Bonchev–Trinajstić information content (AvgIpc) is 2.92. The molecule has 2 aromatic carbocycles. The standard InChI is InChI=1S/C32H41N2O3/c1-6-11-20-32(35,36)28-15-13-12-14-25(28)31-26-18-16-23(33(7-2)8-3)21-29(26)37-30-22-24(17-19-27(30)31)34(9-4)10-5/h12-19,21-22,35-36H,6-11,20H2,1-5H3/q+1. The molecule has 5 nitrogen and oxygen atoms in total. The zero-order valence-electron chi connectivity index (χ0n) is 22.9. The van der Waals surface area contributed by atoms with E-state index >= 15 is 0 Å². The SMILES string of the molecule is CCCCC(O)(O)c1ccccc1-c1c2ccc(=[N+](CC)CC)cc-2oc2cc(N(CC)CC)ccc12. The van der Waals surface area contributed by atoms with Crippen molar-refractivity contribution < 1.29 is 14.6 Å². The van der Waals surface area contributed by atoms with Crippen molar-refractivity contribution in [2.24, 2.45) is 0 Å². The van der Waals surface area contributed by atoms with Crippen LogP contribution in [0.4, 0.5) is 5.69 Å². The topological polar surface area (TPSA) is 59.9 Å². The quantitative estimate of drug-likeness (QED) is 0.155. The number of hydrogen-bond donors (Lipinski definition) is 2. The Balaban J connectivity index is 2.09. The lowest BCUT2D eigenvalue weighted by Gasteiger charge is -2.27. The van der Waals surface area contributed by atoms with Crippen LogP contribution in [0.3, 0.4) is 0 Å². The molecule has 37 heavy (non-hydrogen) atoms. The molecule has 0 saturated heterocycles. The summed E-state index contributed by atoms with van der Waals surface area (Å²) in [6.07, 6.45) is 1.91. The maximum absolute atomic E-state index is 11.2. The molecule has 0 atom stereocenters. The van der Waals surface area contributed by atoms with E-state index in [4.69, 9.17) is 4.42 Å². The van der Waals surface area contributed by atoms with E-state index in [1.54, 1.807) is 0 Å². The second-order valence-electron chi connectivity index (χ2n) is 9.65. The van der Waals surface area contributed by atoms with Gasteiger partial charge in [-0.05, 0) is 57.9 Å². The third kappa shape index (κ3) is 5.29. The molecule has 196 valence electrons. The highest BCUT2D eigenvalue weighted by atomic mass is 16.5. The van der Waals surface area contributed by atoms with Gasteiger partial charge < -0.3 is 19.5 Å². The molecule has 0 spiro atoms. The fraction of sp³-hybridized carbons (Fsp3) is 0.406. The van der Waals surface area contributed by atoms with E-state index in [-0.39, 0.29) is 6.42 Å². The van der Waals surface area contributed by atoms with Crippen LogP contribution in [0.2, 0.25) is 0 Å². The third-order valence-electron chi connectivity index (χ3n) is 7.45. The Morgan fingerprint density at radius 3 is 2.24 bits per heavy atom. The first-order valence-corrected chi connectivity index (χ1v) is 13.8. The minimum atomic E-state index is -1.92. The van der Waals surface area contributed by atoms with Gasteiger partial charge in [0.1, 0.15) is 24.4 Å². The molecule has 0 aromatic heterocycles. The Bertz CT molecular complexity index is 1390. The van der Waals surface area contributed by atoms with Crippen LogP contribution in [-0.4, -0.2) is 36.4 Å². The summed E-state index contributed by atoms with van der Waals surface area (Å²) >= 11 is 0. The number of unbranched alkanes of at least 4 members (excludes halogenated alkanes) is 1. The van der Waals surface area contributed by atoms with E-state index in [2.05, 4.69) is 80.5 Å². The second-order valence-corrected chi connectivity index (χ2v) is 9.65. The smallest absolute Gasteiger partial charge is 0.203 e. The van der Waals surface area contributed by atoms with E-state index in [0.29, 0.717) is 5.56 Å². The number of rotatable bonds is 10.